The van der Waals surface area contributed by atoms with E-state index in [1.54, 1.807) is 0 Å². The lowest BCUT2D eigenvalue weighted by molar-refractivity contribution is 0.107. The van der Waals surface area contributed by atoms with Crippen LogP contribution in [0.25, 0.3) is 0 Å². The monoisotopic (exact) mass is 170 g/mol. The molecule has 0 bridgehead atoms. The van der Waals surface area contributed by atoms with Crippen LogP contribution in [0.2, 0.25) is 0 Å². The Morgan fingerprint density at radius 2 is 1.92 bits per heavy atom. The van der Waals surface area contributed by atoms with Gasteiger partial charge in [0.1, 0.15) is 0 Å². The molecule has 1 aliphatic carbocycles. The van der Waals surface area contributed by atoms with Crippen LogP contribution in [-0.2, 0) is 0 Å². The van der Waals surface area contributed by atoms with Crippen LogP contribution >= 0.6 is 0 Å². The fourth-order valence-electron chi connectivity index (χ4n) is 2.39. The summed E-state index contributed by atoms with van der Waals surface area (Å²) in [4.78, 5) is 0. The first kappa shape index (κ1) is 10.0. The molecule has 1 rings (SSSR count). The summed E-state index contributed by atoms with van der Waals surface area (Å²) in [5.74, 6) is 1.38. The second-order valence-electron chi connectivity index (χ2n) is 4.92. The Labute approximate surface area is 75.7 Å². The zero-order valence-electron chi connectivity index (χ0n) is 8.51. The quantitative estimate of drug-likeness (QED) is 0.624. The van der Waals surface area contributed by atoms with Crippen LogP contribution in [0.3, 0.4) is 0 Å². The standard InChI is InChI=1S/C10H22N2/c1-7-4-10(3,6-11)5-9(12)8(7)2/h7-9H,4-6,11-12H2,1-3H3. The Balaban J connectivity index is 2.65. The average Bonchev–Trinajstić information content (AvgIpc) is 2.00. The van der Waals surface area contributed by atoms with Crippen molar-refractivity contribution in [3.05, 3.63) is 0 Å². The fraction of sp³-hybridized carbons (Fsp3) is 1.00. The molecule has 72 valence electrons. The van der Waals surface area contributed by atoms with Crippen LogP contribution in [0, 0.1) is 17.3 Å². The van der Waals surface area contributed by atoms with Crippen molar-refractivity contribution in [3.8, 4) is 0 Å². The molecule has 2 nitrogen and oxygen atoms in total. The van der Waals surface area contributed by atoms with Gasteiger partial charge in [0.2, 0.25) is 0 Å². The molecule has 1 aliphatic rings. The van der Waals surface area contributed by atoms with Crippen LogP contribution in [0.4, 0.5) is 0 Å². The smallest absolute Gasteiger partial charge is 0.00727 e. The van der Waals surface area contributed by atoms with Gasteiger partial charge >= 0.3 is 0 Å². The van der Waals surface area contributed by atoms with Gasteiger partial charge in [-0.15, -0.1) is 0 Å². The van der Waals surface area contributed by atoms with Crippen LogP contribution < -0.4 is 11.5 Å². The maximum atomic E-state index is 6.06. The van der Waals surface area contributed by atoms with E-state index in [2.05, 4.69) is 20.8 Å². The first-order valence-electron chi connectivity index (χ1n) is 4.94. The van der Waals surface area contributed by atoms with Crippen molar-refractivity contribution in [2.75, 3.05) is 6.54 Å². The second kappa shape index (κ2) is 3.35. The molecule has 4 atom stereocenters. The molecular formula is C10H22N2. The molecule has 1 saturated carbocycles. The van der Waals surface area contributed by atoms with E-state index in [-0.39, 0.29) is 0 Å². The number of nitrogens with two attached hydrogens (primary N) is 2. The highest BCUT2D eigenvalue weighted by molar-refractivity contribution is 4.91. The summed E-state index contributed by atoms with van der Waals surface area (Å²) < 4.78 is 0. The molecule has 2 heteroatoms. The molecule has 0 aromatic heterocycles. The van der Waals surface area contributed by atoms with E-state index in [9.17, 15) is 0 Å². The first-order valence-corrected chi connectivity index (χ1v) is 4.94. The Morgan fingerprint density at radius 1 is 1.33 bits per heavy atom. The van der Waals surface area contributed by atoms with Crippen LogP contribution in [0.15, 0.2) is 0 Å². The van der Waals surface area contributed by atoms with Gasteiger partial charge in [0, 0.05) is 6.04 Å². The maximum Gasteiger partial charge on any atom is 0.00727 e. The van der Waals surface area contributed by atoms with Gasteiger partial charge in [0.25, 0.3) is 0 Å². The summed E-state index contributed by atoms with van der Waals surface area (Å²) in [5, 5.41) is 0. The third kappa shape index (κ3) is 1.80. The molecule has 12 heavy (non-hydrogen) atoms. The lowest BCUT2D eigenvalue weighted by atomic mass is 9.65. The molecule has 0 aromatic carbocycles. The predicted octanol–water partition coefficient (Wildman–Crippen LogP) is 1.34. The molecule has 0 radical (unpaired) electrons. The summed E-state index contributed by atoms with van der Waals surface area (Å²) in [6.45, 7) is 7.58. The lowest BCUT2D eigenvalue weighted by Gasteiger charge is -2.43. The molecule has 4 unspecified atom stereocenters. The predicted molar refractivity (Wildman–Crippen MR) is 52.7 cm³/mol. The van der Waals surface area contributed by atoms with E-state index in [4.69, 9.17) is 11.5 Å². The highest BCUT2D eigenvalue weighted by Gasteiger charge is 2.37. The summed E-state index contributed by atoms with van der Waals surface area (Å²) in [6, 6.07) is 0.349. The number of hydrogen-bond acceptors (Lipinski definition) is 2. The van der Waals surface area contributed by atoms with Crippen molar-refractivity contribution in [2.24, 2.45) is 28.7 Å². The van der Waals surface area contributed by atoms with Crippen molar-refractivity contribution >= 4 is 0 Å². The second-order valence-corrected chi connectivity index (χ2v) is 4.92. The van der Waals surface area contributed by atoms with Crippen LogP contribution in [0.5, 0.6) is 0 Å². The SMILES string of the molecule is CC1CC(C)(CN)CC(N)C1C. The molecule has 1 fully saturated rings. The van der Waals surface area contributed by atoms with Gasteiger partial charge < -0.3 is 11.5 Å². The van der Waals surface area contributed by atoms with E-state index in [0.717, 1.165) is 18.9 Å². The largest absolute Gasteiger partial charge is 0.330 e. The first-order chi connectivity index (χ1) is 5.48. The Bertz CT molecular complexity index is 144. The Kier molecular flexibility index (Phi) is 2.79. The van der Waals surface area contributed by atoms with Gasteiger partial charge in [0.15, 0.2) is 0 Å². The van der Waals surface area contributed by atoms with E-state index in [1.807, 2.05) is 0 Å². The number of hydrogen-bond donors (Lipinski definition) is 2. The van der Waals surface area contributed by atoms with Gasteiger partial charge in [-0.3, -0.25) is 0 Å². The van der Waals surface area contributed by atoms with Crippen molar-refractivity contribution < 1.29 is 0 Å². The third-order valence-electron chi connectivity index (χ3n) is 3.61. The molecule has 0 spiro atoms. The van der Waals surface area contributed by atoms with Crippen molar-refractivity contribution in [3.63, 3.8) is 0 Å². The highest BCUT2D eigenvalue weighted by atomic mass is 14.7. The fourth-order valence-corrected chi connectivity index (χ4v) is 2.39. The van der Waals surface area contributed by atoms with Crippen LogP contribution in [0.1, 0.15) is 33.6 Å². The van der Waals surface area contributed by atoms with E-state index < -0.39 is 0 Å². The van der Waals surface area contributed by atoms with Gasteiger partial charge in [0.05, 0.1) is 0 Å². The number of rotatable bonds is 1. The van der Waals surface area contributed by atoms with Crippen molar-refractivity contribution in [2.45, 2.75) is 39.7 Å². The zero-order chi connectivity index (χ0) is 9.35. The van der Waals surface area contributed by atoms with Crippen molar-refractivity contribution in [1.82, 2.24) is 0 Å². The van der Waals surface area contributed by atoms with E-state index in [1.165, 1.54) is 6.42 Å². The lowest BCUT2D eigenvalue weighted by Crippen LogP contribution is -2.46. The molecule has 0 saturated heterocycles. The van der Waals surface area contributed by atoms with Crippen LogP contribution in [-0.4, -0.2) is 12.6 Å². The normalized spacial score (nSPS) is 49.2. The summed E-state index contributed by atoms with van der Waals surface area (Å²) in [5.41, 5.74) is 12.1. The Morgan fingerprint density at radius 3 is 2.33 bits per heavy atom. The molecular weight excluding hydrogens is 148 g/mol. The molecule has 0 aromatic rings. The van der Waals surface area contributed by atoms with E-state index in [0.29, 0.717) is 17.4 Å². The van der Waals surface area contributed by atoms with Gasteiger partial charge in [-0.05, 0) is 36.6 Å². The molecule has 4 N–H and O–H groups in total. The minimum absolute atomic E-state index is 0.297. The van der Waals surface area contributed by atoms with Gasteiger partial charge in [-0.2, -0.15) is 0 Å². The summed E-state index contributed by atoms with van der Waals surface area (Å²) in [7, 11) is 0. The zero-order valence-corrected chi connectivity index (χ0v) is 8.51. The average molecular weight is 170 g/mol. The summed E-state index contributed by atoms with van der Waals surface area (Å²) >= 11 is 0. The molecule has 0 heterocycles. The van der Waals surface area contributed by atoms with Crippen molar-refractivity contribution in [1.29, 1.82) is 0 Å². The molecule has 0 amide bonds. The third-order valence-corrected chi connectivity index (χ3v) is 3.61. The van der Waals surface area contributed by atoms with E-state index >= 15 is 0 Å². The molecule has 0 aliphatic heterocycles. The minimum Gasteiger partial charge on any atom is -0.330 e. The topological polar surface area (TPSA) is 52.0 Å². The minimum atomic E-state index is 0.297. The highest BCUT2D eigenvalue weighted by Crippen LogP contribution is 2.40. The summed E-state index contributed by atoms with van der Waals surface area (Å²) in [6.07, 6.45) is 2.33. The maximum absolute atomic E-state index is 6.06. The van der Waals surface area contributed by atoms with Gasteiger partial charge in [-0.1, -0.05) is 20.8 Å². The Hall–Kier alpha value is -0.0800. The van der Waals surface area contributed by atoms with Gasteiger partial charge in [-0.25, -0.2) is 0 Å².